The molecule has 1 aliphatic rings. The van der Waals surface area contributed by atoms with E-state index in [-0.39, 0.29) is 18.7 Å². The maximum Gasteiger partial charge on any atom is 0.406 e. The van der Waals surface area contributed by atoms with Crippen molar-refractivity contribution in [2.45, 2.75) is 25.1 Å². The Kier molecular flexibility index (Phi) is 4.48. The molecule has 2 heterocycles. The van der Waals surface area contributed by atoms with Crippen LogP contribution in [0.5, 0.6) is 5.75 Å². The van der Waals surface area contributed by atoms with Gasteiger partial charge in [-0.2, -0.15) is 13.2 Å². The monoisotopic (exact) mass is 319 g/mol. The highest BCUT2D eigenvalue weighted by atomic mass is 19.4. The molecule has 10 heteroatoms. The topological polar surface area (TPSA) is 85.6 Å². The molecule has 0 bridgehead atoms. The zero-order chi connectivity index (χ0) is 16.3. The Morgan fingerprint density at radius 1 is 1.50 bits per heavy atom. The van der Waals surface area contributed by atoms with Crippen LogP contribution in [0.15, 0.2) is 18.3 Å². The normalized spacial score (nSPS) is 19.1. The minimum atomic E-state index is -4.50. The summed E-state index contributed by atoms with van der Waals surface area (Å²) < 4.78 is 42.5. The van der Waals surface area contributed by atoms with Gasteiger partial charge in [0.2, 0.25) is 5.75 Å². The molecule has 1 saturated heterocycles. The predicted octanol–water partition coefficient (Wildman–Crippen LogP) is 1.92. The van der Waals surface area contributed by atoms with Crippen LogP contribution in [0.2, 0.25) is 0 Å². The molecule has 0 radical (unpaired) electrons. The average molecular weight is 319 g/mol. The number of ether oxygens (including phenoxy) is 1. The molecule has 2 rings (SSSR count). The predicted molar refractivity (Wildman–Crippen MR) is 67.2 cm³/mol. The van der Waals surface area contributed by atoms with E-state index in [1.54, 1.807) is 0 Å². The van der Waals surface area contributed by atoms with Gasteiger partial charge in [-0.3, -0.25) is 4.79 Å². The van der Waals surface area contributed by atoms with Gasteiger partial charge in [0.15, 0.2) is 6.10 Å². The van der Waals surface area contributed by atoms with Crippen molar-refractivity contribution in [2.24, 2.45) is 0 Å². The van der Waals surface area contributed by atoms with Crippen LogP contribution in [-0.4, -0.2) is 46.1 Å². The van der Waals surface area contributed by atoms with Crippen LogP contribution < -0.4 is 4.74 Å². The third-order valence-corrected chi connectivity index (χ3v) is 3.04. The van der Waals surface area contributed by atoms with E-state index >= 15 is 0 Å². The second-order valence-corrected chi connectivity index (χ2v) is 4.71. The summed E-state index contributed by atoms with van der Waals surface area (Å²) in [4.78, 5) is 26.2. The van der Waals surface area contributed by atoms with Crippen molar-refractivity contribution < 1.29 is 27.6 Å². The molecule has 1 aromatic rings. The van der Waals surface area contributed by atoms with Gasteiger partial charge in [-0.1, -0.05) is 0 Å². The molecule has 0 unspecified atom stereocenters. The number of hydrogen-bond donors (Lipinski definition) is 0. The van der Waals surface area contributed by atoms with Gasteiger partial charge in [0.1, 0.15) is 12.7 Å². The van der Waals surface area contributed by atoms with Crippen molar-refractivity contribution in [3.63, 3.8) is 0 Å². The van der Waals surface area contributed by atoms with E-state index in [0.29, 0.717) is 11.3 Å². The van der Waals surface area contributed by atoms with E-state index in [0.717, 1.165) is 0 Å². The number of rotatable bonds is 4. The first-order chi connectivity index (χ1) is 10.3. The summed E-state index contributed by atoms with van der Waals surface area (Å²) in [5.74, 6) is -1.65. The molecule has 1 atom stereocenters. The van der Waals surface area contributed by atoms with Gasteiger partial charge in [-0.25, -0.2) is 0 Å². The molecule has 1 aliphatic heterocycles. The summed E-state index contributed by atoms with van der Waals surface area (Å²) in [5, 5.41) is 10.8. The minimum absolute atomic E-state index is 0.0205. The van der Waals surface area contributed by atoms with Crippen molar-refractivity contribution in [2.75, 3.05) is 13.1 Å². The van der Waals surface area contributed by atoms with Gasteiger partial charge in [-0.15, -0.1) is 0 Å². The molecular weight excluding hydrogens is 307 g/mol. The van der Waals surface area contributed by atoms with Gasteiger partial charge in [-0.05, 0) is 34.9 Å². The Morgan fingerprint density at radius 3 is 2.86 bits per heavy atom. The highest BCUT2D eigenvalue weighted by molar-refractivity contribution is 5.82. The summed E-state index contributed by atoms with van der Waals surface area (Å²) >= 11 is 0. The molecule has 22 heavy (non-hydrogen) atoms. The molecule has 1 aromatic heterocycles. The maximum absolute atomic E-state index is 12.4. The van der Waals surface area contributed by atoms with Gasteiger partial charge >= 0.3 is 12.0 Å². The first-order valence-electron chi connectivity index (χ1n) is 6.39. The number of aromatic nitrogens is 1. The van der Waals surface area contributed by atoms with Crippen LogP contribution in [0, 0.1) is 10.1 Å². The highest BCUT2D eigenvalue weighted by Gasteiger charge is 2.38. The van der Waals surface area contributed by atoms with E-state index in [9.17, 15) is 28.1 Å². The van der Waals surface area contributed by atoms with Gasteiger partial charge < -0.3 is 19.8 Å². The Balaban J connectivity index is 2.13. The van der Waals surface area contributed by atoms with Crippen LogP contribution in [-0.2, 0) is 4.79 Å². The average Bonchev–Trinajstić information content (AvgIpc) is 2.42. The number of halogens is 3. The summed E-state index contributed by atoms with van der Waals surface area (Å²) in [5.41, 5.74) is 0. The molecule has 120 valence electrons. The molecule has 7 nitrogen and oxygen atoms in total. The lowest BCUT2D eigenvalue weighted by atomic mass is 10.1. The zero-order valence-electron chi connectivity index (χ0n) is 11.2. The van der Waals surface area contributed by atoms with E-state index in [1.165, 1.54) is 18.3 Å². The second-order valence-electron chi connectivity index (χ2n) is 4.71. The van der Waals surface area contributed by atoms with Gasteiger partial charge in [0.05, 0.1) is 0 Å². The largest absolute Gasteiger partial charge is 0.472 e. The SMILES string of the molecule is O=C1[C@@H](Oc2cccnc2[N+](=O)[O-])CCCN1CC(F)(F)F. The van der Waals surface area contributed by atoms with Crippen LogP contribution >= 0.6 is 0 Å². The summed E-state index contributed by atoms with van der Waals surface area (Å²) in [6.07, 6.45) is -3.99. The Morgan fingerprint density at radius 2 is 2.23 bits per heavy atom. The smallest absolute Gasteiger partial charge is 0.406 e. The lowest BCUT2D eigenvalue weighted by Crippen LogP contribution is -2.50. The number of carbonyl (C=O) groups excluding carboxylic acids is 1. The Bertz CT molecular complexity index is 579. The van der Waals surface area contributed by atoms with Crippen LogP contribution in [0.3, 0.4) is 0 Å². The summed E-state index contributed by atoms with van der Waals surface area (Å²) in [6, 6.07) is 2.63. The highest BCUT2D eigenvalue weighted by Crippen LogP contribution is 2.28. The van der Waals surface area contributed by atoms with Crippen LogP contribution in [0.25, 0.3) is 0 Å². The number of likely N-dealkylation sites (tertiary alicyclic amines) is 1. The third-order valence-electron chi connectivity index (χ3n) is 3.04. The van der Waals surface area contributed by atoms with E-state index < -0.39 is 35.5 Å². The number of nitro groups is 1. The molecule has 0 saturated carbocycles. The zero-order valence-corrected chi connectivity index (χ0v) is 11.2. The van der Waals surface area contributed by atoms with Gasteiger partial charge in [0.25, 0.3) is 5.91 Å². The van der Waals surface area contributed by atoms with Crippen molar-refractivity contribution in [1.29, 1.82) is 0 Å². The van der Waals surface area contributed by atoms with E-state index in [4.69, 9.17) is 4.74 Å². The van der Waals surface area contributed by atoms with Gasteiger partial charge in [0, 0.05) is 6.54 Å². The number of alkyl halides is 3. The van der Waals surface area contributed by atoms with E-state index in [2.05, 4.69) is 4.98 Å². The Hall–Kier alpha value is -2.39. The molecular formula is C12H12F3N3O4. The number of carbonyl (C=O) groups is 1. The fourth-order valence-electron chi connectivity index (χ4n) is 2.15. The fourth-order valence-corrected chi connectivity index (χ4v) is 2.15. The molecule has 1 fully saturated rings. The first kappa shape index (κ1) is 16.0. The fraction of sp³-hybridized carbons (Fsp3) is 0.500. The van der Waals surface area contributed by atoms with Crippen molar-refractivity contribution >= 4 is 11.7 Å². The lowest BCUT2D eigenvalue weighted by molar-refractivity contribution is -0.390. The Labute approximate surface area is 122 Å². The molecule has 0 aliphatic carbocycles. The number of hydrogen-bond acceptors (Lipinski definition) is 5. The minimum Gasteiger partial charge on any atom is -0.472 e. The van der Waals surface area contributed by atoms with Crippen LogP contribution in [0.4, 0.5) is 19.0 Å². The second kappa shape index (κ2) is 6.16. The third kappa shape index (κ3) is 3.83. The van der Waals surface area contributed by atoms with Crippen molar-refractivity contribution in [3.05, 3.63) is 28.4 Å². The molecule has 0 N–H and O–H groups in total. The number of pyridine rings is 1. The standard InChI is InChI=1S/C12H12F3N3O4/c13-12(14,15)7-17-6-2-4-9(11(17)19)22-8-3-1-5-16-10(8)18(20)21/h1,3,5,9H,2,4,6-7H2/t9-/m0/s1. The molecule has 0 spiro atoms. The van der Waals surface area contributed by atoms with Crippen molar-refractivity contribution in [3.8, 4) is 5.75 Å². The number of amides is 1. The first-order valence-corrected chi connectivity index (χ1v) is 6.39. The summed E-state index contributed by atoms with van der Waals surface area (Å²) in [6.45, 7) is -1.38. The number of piperidine rings is 1. The summed E-state index contributed by atoms with van der Waals surface area (Å²) in [7, 11) is 0. The lowest BCUT2D eigenvalue weighted by Gasteiger charge is -2.32. The molecule has 0 aromatic carbocycles. The maximum atomic E-state index is 12.4. The quantitative estimate of drug-likeness (QED) is 0.625. The van der Waals surface area contributed by atoms with Crippen molar-refractivity contribution in [1.82, 2.24) is 9.88 Å². The number of nitrogens with zero attached hydrogens (tertiary/aromatic N) is 3. The molecule has 1 amide bonds. The van der Waals surface area contributed by atoms with Crippen LogP contribution in [0.1, 0.15) is 12.8 Å². The van der Waals surface area contributed by atoms with E-state index in [1.807, 2.05) is 0 Å².